The zero-order valence-electron chi connectivity index (χ0n) is 19.3. The zero-order valence-corrected chi connectivity index (χ0v) is 20.1. The zero-order chi connectivity index (χ0) is 24.7. The van der Waals surface area contributed by atoms with E-state index in [9.17, 15) is 14.4 Å². The van der Waals surface area contributed by atoms with Gasteiger partial charge in [0.15, 0.2) is 10.9 Å². The summed E-state index contributed by atoms with van der Waals surface area (Å²) in [5.74, 6) is -2.65. The molecule has 1 fully saturated rings. The smallest absolute Gasteiger partial charge is 0.297 e. The van der Waals surface area contributed by atoms with Crippen molar-refractivity contribution >= 4 is 44.2 Å². The molecule has 0 saturated carbocycles. The van der Waals surface area contributed by atoms with Crippen LogP contribution < -0.4 is 14.4 Å². The second-order valence-electron chi connectivity index (χ2n) is 8.06. The maximum absolute atomic E-state index is 13.5. The Morgan fingerprint density at radius 3 is 2.63 bits per heavy atom. The van der Waals surface area contributed by atoms with Crippen molar-refractivity contribution in [1.29, 1.82) is 0 Å². The van der Waals surface area contributed by atoms with Crippen LogP contribution in [0.15, 0.2) is 59.2 Å². The number of thiazole rings is 1. The van der Waals surface area contributed by atoms with E-state index in [1.165, 1.54) is 42.8 Å². The van der Waals surface area contributed by atoms with Crippen molar-refractivity contribution in [3.63, 3.8) is 0 Å². The number of amides is 1. The maximum atomic E-state index is 13.5. The molecule has 0 N–H and O–H groups in total. The number of benzene rings is 2. The first-order valence-electron chi connectivity index (χ1n) is 11.0. The van der Waals surface area contributed by atoms with Crippen LogP contribution in [0.1, 0.15) is 34.6 Å². The molecule has 0 radical (unpaired) electrons. The minimum Gasteiger partial charge on any atom is -0.497 e. The Morgan fingerprint density at radius 2 is 1.94 bits per heavy atom. The fourth-order valence-electron chi connectivity index (χ4n) is 4.38. The van der Waals surface area contributed by atoms with E-state index in [4.69, 9.17) is 13.9 Å². The number of ether oxygens (including phenoxy) is 2. The summed E-state index contributed by atoms with van der Waals surface area (Å²) < 4.78 is 17.1. The normalized spacial score (nSPS) is 17.9. The number of aryl methyl sites for hydroxylation is 1. The van der Waals surface area contributed by atoms with Crippen molar-refractivity contribution in [1.82, 2.24) is 4.98 Å². The number of nitrogens with zero attached hydrogens (tertiary/aromatic N) is 2. The molecule has 4 aromatic rings. The van der Waals surface area contributed by atoms with Gasteiger partial charge in [0.05, 0.1) is 36.7 Å². The van der Waals surface area contributed by atoms with Gasteiger partial charge >= 0.3 is 0 Å². The topological polar surface area (TPSA) is 98.9 Å². The SMILES string of the molecule is CCc1ccc2nc(N3C(=O)C(=O)C(C(=O)c4ccco4)C3c3cc(OC)ccc3OC)sc2c1. The molecule has 5 rings (SSSR count). The van der Waals surface area contributed by atoms with Crippen LogP contribution in [0.4, 0.5) is 5.13 Å². The predicted molar refractivity (Wildman–Crippen MR) is 130 cm³/mol. The summed E-state index contributed by atoms with van der Waals surface area (Å²) >= 11 is 1.30. The van der Waals surface area contributed by atoms with Gasteiger partial charge in [0, 0.05) is 5.56 Å². The molecule has 1 saturated heterocycles. The van der Waals surface area contributed by atoms with Crippen molar-refractivity contribution in [3.05, 3.63) is 71.7 Å². The number of fused-ring (bicyclic) bond motifs is 1. The summed E-state index contributed by atoms with van der Waals surface area (Å²) in [4.78, 5) is 46.2. The Balaban J connectivity index is 1.71. The Morgan fingerprint density at radius 1 is 1.11 bits per heavy atom. The molecule has 1 aliphatic rings. The molecule has 9 heteroatoms. The molecule has 8 nitrogen and oxygen atoms in total. The molecule has 0 spiro atoms. The molecule has 0 aliphatic carbocycles. The number of hydrogen-bond acceptors (Lipinski definition) is 8. The standard InChI is InChI=1S/C26H22N2O6S/c1-4-14-7-9-17-20(12-14)35-26(27-17)28-22(16-13-15(32-2)8-10-18(16)33-3)21(24(30)25(28)31)23(29)19-6-5-11-34-19/h5-13,21-22H,4H2,1-3H3. The van der Waals surface area contributed by atoms with Crippen LogP contribution in [-0.4, -0.2) is 36.7 Å². The number of methoxy groups -OCH3 is 2. The van der Waals surface area contributed by atoms with Crippen molar-refractivity contribution in [2.45, 2.75) is 19.4 Å². The summed E-state index contributed by atoms with van der Waals surface area (Å²) in [6.07, 6.45) is 2.21. The van der Waals surface area contributed by atoms with Crippen LogP contribution in [-0.2, 0) is 16.0 Å². The van der Waals surface area contributed by atoms with Gasteiger partial charge in [0.25, 0.3) is 5.91 Å². The van der Waals surface area contributed by atoms with Gasteiger partial charge in [0.2, 0.25) is 11.6 Å². The molecule has 178 valence electrons. The van der Waals surface area contributed by atoms with Crippen LogP contribution in [0.3, 0.4) is 0 Å². The molecule has 2 aromatic carbocycles. The molecule has 2 aromatic heterocycles. The number of carbonyl (C=O) groups is 3. The van der Waals surface area contributed by atoms with Crippen LogP contribution in [0.5, 0.6) is 11.5 Å². The molecular weight excluding hydrogens is 468 g/mol. The van der Waals surface area contributed by atoms with Gasteiger partial charge in [-0.3, -0.25) is 19.3 Å². The Hall–Kier alpha value is -3.98. The first kappa shape index (κ1) is 22.8. The van der Waals surface area contributed by atoms with E-state index in [1.54, 1.807) is 24.3 Å². The van der Waals surface area contributed by atoms with E-state index in [0.29, 0.717) is 27.7 Å². The van der Waals surface area contributed by atoms with E-state index in [-0.39, 0.29) is 5.76 Å². The van der Waals surface area contributed by atoms with Gasteiger partial charge in [-0.05, 0) is 54.4 Å². The lowest BCUT2D eigenvalue weighted by Gasteiger charge is -2.26. The highest BCUT2D eigenvalue weighted by atomic mass is 32.1. The summed E-state index contributed by atoms with van der Waals surface area (Å²) in [7, 11) is 3.00. The molecular formula is C26H22N2O6S. The molecule has 3 heterocycles. The average Bonchev–Trinajstić information content (AvgIpc) is 3.61. The molecule has 35 heavy (non-hydrogen) atoms. The van der Waals surface area contributed by atoms with Gasteiger partial charge < -0.3 is 13.9 Å². The monoisotopic (exact) mass is 490 g/mol. The minimum absolute atomic E-state index is 0.00162. The highest BCUT2D eigenvalue weighted by molar-refractivity contribution is 7.22. The molecule has 1 amide bonds. The predicted octanol–water partition coefficient (Wildman–Crippen LogP) is 4.63. The number of carbonyl (C=O) groups excluding carboxylic acids is 3. The first-order valence-corrected chi connectivity index (χ1v) is 11.8. The Bertz CT molecular complexity index is 1440. The van der Waals surface area contributed by atoms with E-state index in [0.717, 1.165) is 16.7 Å². The number of Topliss-reactive ketones (excluding diaryl/α,β-unsaturated/α-hetero) is 2. The third-order valence-corrected chi connectivity index (χ3v) is 7.18. The summed E-state index contributed by atoms with van der Waals surface area (Å²) in [5.41, 5.74) is 2.30. The van der Waals surface area contributed by atoms with E-state index < -0.39 is 29.4 Å². The summed E-state index contributed by atoms with van der Waals surface area (Å²) in [6, 6.07) is 13.0. The van der Waals surface area contributed by atoms with Crippen LogP contribution in [0.2, 0.25) is 0 Å². The summed E-state index contributed by atoms with van der Waals surface area (Å²) in [5, 5.41) is 0.330. The number of ketones is 2. The first-order chi connectivity index (χ1) is 17.0. The van der Waals surface area contributed by atoms with Crippen molar-refractivity contribution in [2.75, 3.05) is 19.1 Å². The number of furan rings is 1. The molecule has 0 bridgehead atoms. The quantitative estimate of drug-likeness (QED) is 0.212. The van der Waals surface area contributed by atoms with Gasteiger partial charge in [-0.15, -0.1) is 0 Å². The number of hydrogen-bond donors (Lipinski definition) is 0. The average molecular weight is 491 g/mol. The van der Waals surface area contributed by atoms with Gasteiger partial charge in [-0.25, -0.2) is 4.98 Å². The van der Waals surface area contributed by atoms with Gasteiger partial charge in [0.1, 0.15) is 17.4 Å². The number of anilines is 1. The largest absolute Gasteiger partial charge is 0.497 e. The maximum Gasteiger partial charge on any atom is 0.297 e. The highest BCUT2D eigenvalue weighted by Crippen LogP contribution is 2.46. The van der Waals surface area contributed by atoms with E-state index in [1.807, 2.05) is 18.2 Å². The van der Waals surface area contributed by atoms with E-state index in [2.05, 4.69) is 11.9 Å². The fraction of sp³-hybridized carbons (Fsp3) is 0.231. The third kappa shape index (κ3) is 3.77. The molecule has 1 aliphatic heterocycles. The second-order valence-corrected chi connectivity index (χ2v) is 9.07. The van der Waals surface area contributed by atoms with Crippen molar-refractivity contribution < 1.29 is 28.3 Å². The summed E-state index contributed by atoms with van der Waals surface area (Å²) in [6.45, 7) is 2.06. The Kier molecular flexibility index (Phi) is 5.86. The molecule has 2 atom stereocenters. The van der Waals surface area contributed by atoms with E-state index >= 15 is 0 Å². The second kappa shape index (κ2) is 8.99. The van der Waals surface area contributed by atoms with Crippen LogP contribution in [0, 0.1) is 5.92 Å². The lowest BCUT2D eigenvalue weighted by atomic mass is 9.87. The van der Waals surface area contributed by atoms with Gasteiger partial charge in [-0.1, -0.05) is 24.3 Å². The van der Waals surface area contributed by atoms with Crippen LogP contribution in [0.25, 0.3) is 10.2 Å². The number of aromatic nitrogens is 1. The minimum atomic E-state index is -1.34. The van der Waals surface area contributed by atoms with Gasteiger partial charge in [-0.2, -0.15) is 0 Å². The number of rotatable bonds is 7. The fourth-order valence-corrected chi connectivity index (χ4v) is 5.44. The Labute approximate surface area is 205 Å². The third-order valence-electron chi connectivity index (χ3n) is 6.16. The lowest BCUT2D eigenvalue weighted by Crippen LogP contribution is -2.30. The highest BCUT2D eigenvalue weighted by Gasteiger charge is 2.54. The van der Waals surface area contributed by atoms with Crippen molar-refractivity contribution in [2.24, 2.45) is 5.92 Å². The van der Waals surface area contributed by atoms with Crippen LogP contribution >= 0.6 is 11.3 Å². The lowest BCUT2D eigenvalue weighted by molar-refractivity contribution is -0.135. The van der Waals surface area contributed by atoms with Crippen molar-refractivity contribution in [3.8, 4) is 11.5 Å². The molecule has 2 unspecified atom stereocenters.